The second-order valence-electron chi connectivity index (χ2n) is 20.0. The summed E-state index contributed by atoms with van der Waals surface area (Å²) in [5.41, 5.74) is 12.2. The Balaban J connectivity index is 2.42. The summed E-state index contributed by atoms with van der Waals surface area (Å²) < 4.78 is 0. The molecule has 24 heteroatoms. The lowest BCUT2D eigenvalue weighted by atomic mass is 9.96. The van der Waals surface area contributed by atoms with Crippen molar-refractivity contribution in [1.82, 2.24) is 42.5 Å². The lowest BCUT2D eigenvalue weighted by Crippen LogP contribution is -2.61. The average molecular weight is 1080 g/mol. The van der Waals surface area contributed by atoms with Crippen LogP contribution in [0, 0.1) is 17.8 Å². The highest BCUT2D eigenvalue weighted by molar-refractivity contribution is 5.98. The van der Waals surface area contributed by atoms with E-state index in [-0.39, 0.29) is 74.8 Å². The molecular weight excluding hydrogens is 1000 g/mol. The summed E-state index contributed by atoms with van der Waals surface area (Å²) in [6, 6.07) is 1.08. The van der Waals surface area contributed by atoms with E-state index in [0.717, 1.165) is 0 Å². The predicted molar refractivity (Wildman–Crippen MR) is 284 cm³/mol. The summed E-state index contributed by atoms with van der Waals surface area (Å²) in [6.07, 6.45) is 0.245. The van der Waals surface area contributed by atoms with Gasteiger partial charge >= 0.3 is 11.9 Å². The van der Waals surface area contributed by atoms with Crippen molar-refractivity contribution < 1.29 is 68.4 Å². The van der Waals surface area contributed by atoms with Crippen LogP contribution in [0.1, 0.15) is 117 Å². The van der Waals surface area contributed by atoms with Crippen molar-refractivity contribution in [3.05, 3.63) is 59.7 Å². The highest BCUT2D eigenvalue weighted by Gasteiger charge is 2.36. The summed E-state index contributed by atoms with van der Waals surface area (Å²) >= 11 is 0. The molecule has 0 bridgehead atoms. The van der Waals surface area contributed by atoms with Crippen molar-refractivity contribution in [3.8, 4) is 11.5 Å². The monoisotopic (exact) mass is 1080 g/mol. The van der Waals surface area contributed by atoms with Crippen LogP contribution >= 0.6 is 0 Å². The lowest BCUT2D eigenvalue weighted by molar-refractivity contribution is -0.142. The average Bonchev–Trinajstić information content (AvgIpc) is 3.37. The first kappa shape index (κ1) is 65.8. The van der Waals surface area contributed by atoms with Crippen LogP contribution in [0.4, 0.5) is 0 Å². The summed E-state index contributed by atoms with van der Waals surface area (Å²) in [5, 5.41) is 59.8. The Bertz CT molecular complexity index is 2280. The number of unbranched alkanes of at least 4 members (excludes halogenated alkanes) is 1. The number of aromatic hydroxyl groups is 2. The quantitative estimate of drug-likeness (QED) is 0.0414. The first-order chi connectivity index (χ1) is 36.3. The van der Waals surface area contributed by atoms with Gasteiger partial charge in [0.2, 0.25) is 47.3 Å². The maximum atomic E-state index is 14.4. The van der Waals surface area contributed by atoms with Gasteiger partial charge in [-0.3, -0.25) is 43.2 Å². The van der Waals surface area contributed by atoms with Crippen LogP contribution in [0.25, 0.3) is 0 Å². The summed E-state index contributed by atoms with van der Waals surface area (Å²) in [5.74, 6) is -9.87. The van der Waals surface area contributed by atoms with Gasteiger partial charge in [-0.05, 0) is 105 Å². The number of nitrogens with two attached hydrogens (primary N) is 2. The summed E-state index contributed by atoms with van der Waals surface area (Å²) in [4.78, 5) is 134. The third kappa shape index (κ3) is 24.0. The molecule has 24 nitrogen and oxygen atoms in total. The van der Waals surface area contributed by atoms with Crippen LogP contribution in [0.3, 0.4) is 0 Å². The van der Waals surface area contributed by atoms with Crippen molar-refractivity contribution in [2.24, 2.45) is 29.2 Å². The minimum Gasteiger partial charge on any atom is -0.508 e. The Morgan fingerprint density at radius 2 is 0.870 bits per heavy atom. The predicted octanol–water partition coefficient (Wildman–Crippen LogP) is 0.347. The maximum Gasteiger partial charge on any atom is 0.326 e. The number of phenolic OH excluding ortho intramolecular Hbond substituents is 2. The van der Waals surface area contributed by atoms with Crippen LogP contribution in [0.2, 0.25) is 0 Å². The number of hydrogen-bond acceptors (Lipinski definition) is 14. The van der Waals surface area contributed by atoms with Crippen LogP contribution in [-0.2, 0) is 60.8 Å². The number of carbonyl (C=O) groups is 10. The van der Waals surface area contributed by atoms with E-state index in [1.807, 2.05) is 13.8 Å². The molecule has 9 atom stereocenters. The highest BCUT2D eigenvalue weighted by atomic mass is 16.4. The molecule has 77 heavy (non-hydrogen) atoms. The van der Waals surface area contributed by atoms with Gasteiger partial charge in [0.1, 0.15) is 59.8 Å². The number of carbonyl (C=O) groups excluding carboxylic acids is 8. The number of amides is 8. The number of benzene rings is 2. The fourth-order valence-corrected chi connectivity index (χ4v) is 8.03. The number of carboxylic acid groups (broad SMARTS) is 2. The van der Waals surface area contributed by atoms with E-state index in [0.29, 0.717) is 30.4 Å². The van der Waals surface area contributed by atoms with Gasteiger partial charge in [-0.25, -0.2) is 4.79 Å². The molecule has 16 N–H and O–H groups in total. The first-order valence-electron chi connectivity index (χ1n) is 26.1. The molecule has 0 aromatic heterocycles. The van der Waals surface area contributed by atoms with Gasteiger partial charge in [-0.2, -0.15) is 0 Å². The van der Waals surface area contributed by atoms with Crippen LogP contribution in [0.15, 0.2) is 48.5 Å². The zero-order valence-corrected chi connectivity index (χ0v) is 45.2. The van der Waals surface area contributed by atoms with Gasteiger partial charge in [0.15, 0.2) is 0 Å². The third-order valence-corrected chi connectivity index (χ3v) is 12.6. The molecule has 428 valence electrons. The minimum atomic E-state index is -1.42. The number of hydrogen-bond donors (Lipinski definition) is 14. The van der Waals surface area contributed by atoms with Crippen LogP contribution < -0.4 is 54.0 Å². The fourth-order valence-electron chi connectivity index (χ4n) is 8.03. The highest BCUT2D eigenvalue weighted by Crippen LogP contribution is 2.17. The smallest absolute Gasteiger partial charge is 0.326 e. The van der Waals surface area contributed by atoms with Crippen molar-refractivity contribution in [3.63, 3.8) is 0 Å². The van der Waals surface area contributed by atoms with Gasteiger partial charge in [0, 0.05) is 19.3 Å². The van der Waals surface area contributed by atoms with E-state index in [1.165, 1.54) is 48.5 Å². The van der Waals surface area contributed by atoms with Crippen LogP contribution in [0.5, 0.6) is 11.5 Å². The van der Waals surface area contributed by atoms with Gasteiger partial charge in [0.25, 0.3) is 0 Å². The zero-order valence-electron chi connectivity index (χ0n) is 45.2. The van der Waals surface area contributed by atoms with Crippen LogP contribution in [-0.4, -0.2) is 141 Å². The maximum absolute atomic E-state index is 14.4. The van der Waals surface area contributed by atoms with Crippen molar-refractivity contribution >= 4 is 59.2 Å². The normalized spacial score (nSPS) is 14.7. The SMILES string of the molecule is CC[C@H](NC(=O)[C@H](CCCCN)NC(=O)[C@H](Cc1ccc(O)cc1)NC(=O)[C@H](CC(C)C)NC(=O)[C@H](CCC(=O)O)NC(=O)CN)C(=O)N[C@H](C(=O)N[C@@H](CC(C)C)C(=O)N[C@@H](Cc1ccc(O)cc1)C(=O)O)[C@@H](C)CC. The number of phenols is 2. The number of rotatable bonds is 35. The van der Waals surface area contributed by atoms with E-state index in [9.17, 15) is 68.4 Å². The van der Waals surface area contributed by atoms with Gasteiger partial charge in [0.05, 0.1) is 6.54 Å². The molecule has 0 heterocycles. The molecule has 0 saturated heterocycles. The molecule has 0 aliphatic rings. The Labute approximate surface area is 449 Å². The second-order valence-corrected chi connectivity index (χ2v) is 20.0. The third-order valence-electron chi connectivity index (χ3n) is 12.6. The largest absolute Gasteiger partial charge is 0.508 e. The molecule has 0 unspecified atom stereocenters. The number of nitrogens with one attached hydrogen (secondary N) is 8. The molecule has 0 saturated carbocycles. The Hall–Kier alpha value is -7.34. The Kier molecular flexibility index (Phi) is 28.7. The molecular formula is C53H82N10O14. The summed E-state index contributed by atoms with van der Waals surface area (Å²) in [7, 11) is 0. The fraction of sp³-hybridized carbons (Fsp3) is 0.585. The summed E-state index contributed by atoms with van der Waals surface area (Å²) in [6.45, 7) is 12.0. The topological polar surface area (TPSA) is 400 Å². The molecule has 0 aliphatic carbocycles. The molecule has 0 fully saturated rings. The van der Waals surface area contributed by atoms with Gasteiger partial charge in [-0.1, -0.05) is 79.2 Å². The first-order valence-corrected chi connectivity index (χ1v) is 26.1. The Morgan fingerprint density at radius 1 is 0.468 bits per heavy atom. The molecule has 8 amide bonds. The second kappa shape index (κ2) is 33.6. The van der Waals surface area contributed by atoms with Gasteiger partial charge < -0.3 is 74.4 Å². The molecule has 0 aliphatic heterocycles. The number of aliphatic carboxylic acids is 2. The minimum absolute atomic E-state index is 0.0153. The van der Waals surface area contributed by atoms with Crippen molar-refractivity contribution in [2.75, 3.05) is 13.1 Å². The van der Waals surface area contributed by atoms with Crippen molar-refractivity contribution in [2.45, 2.75) is 167 Å². The van der Waals surface area contributed by atoms with Crippen molar-refractivity contribution in [1.29, 1.82) is 0 Å². The van der Waals surface area contributed by atoms with E-state index in [2.05, 4.69) is 42.5 Å². The van der Waals surface area contributed by atoms with E-state index in [1.54, 1.807) is 34.6 Å². The van der Waals surface area contributed by atoms with E-state index in [4.69, 9.17) is 11.5 Å². The van der Waals surface area contributed by atoms with E-state index < -0.39 is 126 Å². The molecule has 2 aromatic rings. The van der Waals surface area contributed by atoms with E-state index >= 15 is 0 Å². The standard InChI is InChI=1S/C53H82N10O14/c1-8-31(7)45(52(75)61-40(25-30(5)6)50(73)62-42(53(76)77)27-33-15-19-35(65)20-16-33)63-46(69)36(9-2)57-47(70)37(12-10-11-23-54)58-51(74)41(26-32-13-17-34(64)18-14-32)60-49(72)39(24-29(3)4)59-48(71)38(21-22-44(67)68)56-43(66)28-55/h13-20,29-31,36-42,45,64-65H,8-12,21-28,54-55H2,1-7H3,(H,56,66)(H,57,70)(H,58,74)(H,59,71)(H,60,72)(H,61,75)(H,62,73)(H,63,69)(H,67,68)(H,76,77)/t31-,36-,37-,38-,39-,40-,41-,42-,45-/m0/s1. The Morgan fingerprint density at radius 3 is 1.31 bits per heavy atom. The lowest BCUT2D eigenvalue weighted by Gasteiger charge is -2.30. The molecule has 0 radical (unpaired) electrons. The number of carboxylic acids is 2. The zero-order chi connectivity index (χ0) is 57.9. The molecule has 2 aromatic carbocycles. The molecule has 2 rings (SSSR count). The van der Waals surface area contributed by atoms with Gasteiger partial charge in [-0.15, -0.1) is 0 Å². The molecule has 0 spiro atoms.